The summed E-state index contributed by atoms with van der Waals surface area (Å²) in [6.45, 7) is 5.59. The maximum absolute atomic E-state index is 10.8. The molecule has 26 heavy (non-hydrogen) atoms. The lowest BCUT2D eigenvalue weighted by Crippen LogP contribution is -2.31. The van der Waals surface area contributed by atoms with Crippen molar-refractivity contribution in [2.24, 2.45) is 5.41 Å². The third-order valence-corrected chi connectivity index (χ3v) is 5.94. The molecular weight excluding hydrogens is 326 g/mol. The molecular formula is C21H25N3O2. The lowest BCUT2D eigenvalue weighted by atomic mass is 9.86. The number of nitro groups is 1. The molecule has 2 aromatic carbocycles. The molecule has 2 aliphatic heterocycles. The van der Waals surface area contributed by atoms with E-state index in [0.29, 0.717) is 5.41 Å². The summed E-state index contributed by atoms with van der Waals surface area (Å²) < 4.78 is 0. The minimum absolute atomic E-state index is 0.163. The first kappa shape index (κ1) is 17.0. The van der Waals surface area contributed by atoms with E-state index >= 15 is 0 Å². The Hall–Kier alpha value is -2.40. The van der Waals surface area contributed by atoms with Gasteiger partial charge in [-0.25, -0.2) is 0 Å². The van der Waals surface area contributed by atoms with Crippen LogP contribution in [0.4, 0.5) is 11.4 Å². The van der Waals surface area contributed by atoms with Gasteiger partial charge < -0.3 is 9.80 Å². The van der Waals surface area contributed by atoms with Crippen molar-refractivity contribution in [3.8, 4) is 0 Å². The standard InChI is InChI=1S/C21H25N3O2/c25-24(26)20-8-6-19(7-9-20)23-15-12-21(17-23)11-14-22(16-21)13-10-18-4-2-1-3-5-18/h1-9H,10-17H2. The van der Waals surface area contributed by atoms with Crippen LogP contribution in [-0.2, 0) is 6.42 Å². The first-order chi connectivity index (χ1) is 12.6. The molecule has 2 fully saturated rings. The summed E-state index contributed by atoms with van der Waals surface area (Å²) in [6, 6.07) is 17.7. The molecule has 0 saturated carbocycles. The van der Waals surface area contributed by atoms with Crippen molar-refractivity contribution in [3.63, 3.8) is 0 Å². The Kier molecular flexibility index (Phi) is 4.64. The number of hydrogen-bond acceptors (Lipinski definition) is 4. The molecule has 0 radical (unpaired) electrons. The summed E-state index contributed by atoms with van der Waals surface area (Å²) in [4.78, 5) is 15.5. The SMILES string of the molecule is O=[N+]([O-])c1ccc(N2CCC3(CCN(CCc4ccccc4)C3)C2)cc1. The molecule has 0 amide bonds. The molecule has 136 valence electrons. The van der Waals surface area contributed by atoms with Gasteiger partial charge in [0.2, 0.25) is 0 Å². The maximum Gasteiger partial charge on any atom is 0.269 e. The van der Waals surface area contributed by atoms with E-state index in [0.717, 1.165) is 31.7 Å². The Morgan fingerprint density at radius 3 is 2.42 bits per heavy atom. The van der Waals surface area contributed by atoms with Crippen LogP contribution in [0.5, 0.6) is 0 Å². The second-order valence-electron chi connectivity index (χ2n) is 7.71. The molecule has 5 nitrogen and oxygen atoms in total. The monoisotopic (exact) mass is 351 g/mol. The van der Waals surface area contributed by atoms with Gasteiger partial charge in [0.25, 0.3) is 5.69 Å². The molecule has 1 atom stereocenters. The lowest BCUT2D eigenvalue weighted by molar-refractivity contribution is -0.384. The van der Waals surface area contributed by atoms with Crippen molar-refractivity contribution in [2.45, 2.75) is 19.3 Å². The van der Waals surface area contributed by atoms with Gasteiger partial charge in [-0.05, 0) is 43.5 Å². The van der Waals surface area contributed by atoms with E-state index in [1.165, 1.54) is 31.5 Å². The Bertz CT molecular complexity index is 763. The van der Waals surface area contributed by atoms with Crippen LogP contribution in [0.2, 0.25) is 0 Å². The van der Waals surface area contributed by atoms with E-state index in [1.807, 2.05) is 12.1 Å². The zero-order valence-electron chi connectivity index (χ0n) is 15.0. The molecule has 2 saturated heterocycles. The summed E-state index contributed by atoms with van der Waals surface area (Å²) in [5, 5.41) is 10.8. The Morgan fingerprint density at radius 1 is 0.962 bits per heavy atom. The van der Waals surface area contributed by atoms with E-state index in [4.69, 9.17) is 0 Å². The zero-order valence-corrected chi connectivity index (χ0v) is 15.0. The van der Waals surface area contributed by atoms with Crippen LogP contribution in [0.15, 0.2) is 54.6 Å². The second kappa shape index (κ2) is 7.08. The predicted octanol–water partition coefficient (Wildman–Crippen LogP) is 3.74. The number of hydrogen-bond donors (Lipinski definition) is 0. The smallest absolute Gasteiger partial charge is 0.269 e. The molecule has 2 heterocycles. The molecule has 2 aliphatic rings. The van der Waals surface area contributed by atoms with Crippen molar-refractivity contribution in [1.82, 2.24) is 4.90 Å². The second-order valence-corrected chi connectivity index (χ2v) is 7.71. The number of nitro benzene ring substituents is 1. The highest BCUT2D eigenvalue weighted by Crippen LogP contribution is 2.41. The van der Waals surface area contributed by atoms with Gasteiger partial charge >= 0.3 is 0 Å². The highest BCUT2D eigenvalue weighted by Gasteiger charge is 2.43. The van der Waals surface area contributed by atoms with Gasteiger partial charge in [-0.15, -0.1) is 0 Å². The molecule has 0 aliphatic carbocycles. The van der Waals surface area contributed by atoms with Crippen LogP contribution in [0.3, 0.4) is 0 Å². The van der Waals surface area contributed by atoms with Crippen LogP contribution in [0, 0.1) is 15.5 Å². The summed E-state index contributed by atoms with van der Waals surface area (Å²) >= 11 is 0. The molecule has 2 aromatic rings. The molecule has 0 N–H and O–H groups in total. The first-order valence-corrected chi connectivity index (χ1v) is 9.39. The fraction of sp³-hybridized carbons (Fsp3) is 0.429. The van der Waals surface area contributed by atoms with E-state index in [9.17, 15) is 10.1 Å². The Morgan fingerprint density at radius 2 is 1.69 bits per heavy atom. The van der Waals surface area contributed by atoms with Crippen molar-refractivity contribution in [3.05, 3.63) is 70.3 Å². The number of nitrogens with zero attached hydrogens (tertiary/aromatic N) is 3. The van der Waals surface area contributed by atoms with Gasteiger partial charge in [-0.2, -0.15) is 0 Å². The third kappa shape index (κ3) is 3.58. The maximum atomic E-state index is 10.8. The largest absolute Gasteiger partial charge is 0.371 e. The van der Waals surface area contributed by atoms with Crippen LogP contribution >= 0.6 is 0 Å². The van der Waals surface area contributed by atoms with Crippen molar-refractivity contribution in [2.75, 3.05) is 37.6 Å². The van der Waals surface area contributed by atoms with E-state index in [-0.39, 0.29) is 10.6 Å². The molecule has 1 unspecified atom stereocenters. The number of anilines is 1. The number of benzene rings is 2. The van der Waals surface area contributed by atoms with Gasteiger partial charge in [-0.1, -0.05) is 30.3 Å². The van der Waals surface area contributed by atoms with Crippen molar-refractivity contribution >= 4 is 11.4 Å². The van der Waals surface area contributed by atoms with Crippen LogP contribution in [0.1, 0.15) is 18.4 Å². The summed E-state index contributed by atoms with van der Waals surface area (Å²) in [5.41, 5.74) is 3.07. The zero-order chi connectivity index (χ0) is 18.0. The molecule has 4 rings (SSSR count). The van der Waals surface area contributed by atoms with Crippen LogP contribution in [-0.4, -0.2) is 42.5 Å². The molecule has 0 bridgehead atoms. The van der Waals surface area contributed by atoms with Crippen molar-refractivity contribution < 1.29 is 4.92 Å². The van der Waals surface area contributed by atoms with Gasteiger partial charge in [0, 0.05) is 49.4 Å². The fourth-order valence-electron chi connectivity index (χ4n) is 4.42. The van der Waals surface area contributed by atoms with E-state index < -0.39 is 0 Å². The summed E-state index contributed by atoms with van der Waals surface area (Å²) in [5.74, 6) is 0. The summed E-state index contributed by atoms with van der Waals surface area (Å²) in [6.07, 6.45) is 3.58. The normalized spacial score (nSPS) is 23.0. The van der Waals surface area contributed by atoms with E-state index in [2.05, 4.69) is 40.1 Å². The van der Waals surface area contributed by atoms with Gasteiger partial charge in [-0.3, -0.25) is 10.1 Å². The predicted molar refractivity (Wildman–Crippen MR) is 104 cm³/mol. The Labute approximate surface area is 154 Å². The Balaban J connectivity index is 1.33. The number of likely N-dealkylation sites (tertiary alicyclic amines) is 1. The first-order valence-electron chi connectivity index (χ1n) is 9.39. The average molecular weight is 351 g/mol. The van der Waals surface area contributed by atoms with E-state index in [1.54, 1.807) is 12.1 Å². The highest BCUT2D eigenvalue weighted by atomic mass is 16.6. The quantitative estimate of drug-likeness (QED) is 0.608. The minimum atomic E-state index is -0.336. The topological polar surface area (TPSA) is 49.6 Å². The lowest BCUT2D eigenvalue weighted by Gasteiger charge is -2.25. The minimum Gasteiger partial charge on any atom is -0.371 e. The number of non-ortho nitro benzene ring substituents is 1. The third-order valence-electron chi connectivity index (χ3n) is 5.94. The van der Waals surface area contributed by atoms with Gasteiger partial charge in [0.15, 0.2) is 0 Å². The fourth-order valence-corrected chi connectivity index (χ4v) is 4.42. The van der Waals surface area contributed by atoms with Crippen molar-refractivity contribution in [1.29, 1.82) is 0 Å². The van der Waals surface area contributed by atoms with Crippen LogP contribution in [0.25, 0.3) is 0 Å². The molecule has 0 aromatic heterocycles. The number of rotatable bonds is 5. The van der Waals surface area contributed by atoms with Crippen LogP contribution < -0.4 is 4.90 Å². The average Bonchev–Trinajstić information content (AvgIpc) is 3.28. The van der Waals surface area contributed by atoms with Gasteiger partial charge in [0.1, 0.15) is 0 Å². The van der Waals surface area contributed by atoms with Gasteiger partial charge in [0.05, 0.1) is 4.92 Å². The summed E-state index contributed by atoms with van der Waals surface area (Å²) in [7, 11) is 0. The molecule has 1 spiro atoms. The highest BCUT2D eigenvalue weighted by molar-refractivity contribution is 5.52. The molecule has 5 heteroatoms.